The van der Waals surface area contributed by atoms with E-state index >= 15 is 0 Å². The van der Waals surface area contributed by atoms with Crippen LogP contribution in [0.1, 0.15) is 5.56 Å². The second kappa shape index (κ2) is 6.62. The van der Waals surface area contributed by atoms with Crippen LogP contribution in [0.4, 0.5) is 0 Å². The molecule has 6 heteroatoms. The number of terminal acetylenes is 1. The lowest BCUT2D eigenvalue weighted by Gasteiger charge is -2.04. The second-order valence-electron chi connectivity index (χ2n) is 5.51. The highest BCUT2D eigenvalue weighted by Gasteiger charge is 2.12. The standard InChI is InChI=1S/C15H18N2O2SSi/c1-6-14(11-12-21(3,4)5)16-17-20(18,19)15-9-7-13(2)8-10-15/h1,7-10,17H,2-5H3/b16-14+. The van der Waals surface area contributed by atoms with Crippen LogP contribution in [0, 0.1) is 30.7 Å². The van der Waals surface area contributed by atoms with E-state index in [1.165, 1.54) is 12.1 Å². The molecule has 1 rings (SSSR count). The van der Waals surface area contributed by atoms with Gasteiger partial charge in [0, 0.05) is 0 Å². The number of nitrogens with zero attached hydrogens (tertiary/aromatic N) is 1. The maximum Gasteiger partial charge on any atom is 0.276 e. The number of aryl methyl sites for hydroxylation is 1. The van der Waals surface area contributed by atoms with Gasteiger partial charge in [-0.1, -0.05) is 37.3 Å². The molecule has 0 aliphatic rings. The Balaban J connectivity index is 2.98. The quantitative estimate of drug-likeness (QED) is 0.402. The Morgan fingerprint density at radius 1 is 1.24 bits per heavy atom. The van der Waals surface area contributed by atoms with Crippen LogP contribution in [0.3, 0.4) is 0 Å². The molecule has 0 aromatic heterocycles. The molecule has 1 aromatic rings. The van der Waals surface area contributed by atoms with E-state index in [1.54, 1.807) is 12.1 Å². The van der Waals surface area contributed by atoms with E-state index in [-0.39, 0.29) is 10.6 Å². The van der Waals surface area contributed by atoms with Crippen LogP contribution in [-0.4, -0.2) is 22.2 Å². The molecule has 0 fully saturated rings. The highest BCUT2D eigenvalue weighted by molar-refractivity contribution is 7.89. The van der Waals surface area contributed by atoms with Crippen molar-refractivity contribution in [3.8, 4) is 23.8 Å². The molecule has 0 spiro atoms. The molecule has 1 N–H and O–H groups in total. The van der Waals surface area contributed by atoms with Crippen LogP contribution in [-0.2, 0) is 10.0 Å². The summed E-state index contributed by atoms with van der Waals surface area (Å²) < 4.78 is 24.1. The molecule has 0 unspecified atom stereocenters. The molecule has 0 saturated heterocycles. The summed E-state index contributed by atoms with van der Waals surface area (Å²) in [6, 6.07) is 6.45. The van der Waals surface area contributed by atoms with Gasteiger partial charge in [0.25, 0.3) is 10.0 Å². The monoisotopic (exact) mass is 318 g/mol. The van der Waals surface area contributed by atoms with Gasteiger partial charge in [-0.05, 0) is 30.9 Å². The van der Waals surface area contributed by atoms with Crippen molar-refractivity contribution in [1.29, 1.82) is 0 Å². The number of hydrogen-bond donors (Lipinski definition) is 1. The van der Waals surface area contributed by atoms with Crippen molar-refractivity contribution < 1.29 is 8.42 Å². The lowest BCUT2D eigenvalue weighted by Crippen LogP contribution is -2.20. The summed E-state index contributed by atoms with van der Waals surface area (Å²) in [4.78, 5) is 2.24. The zero-order valence-corrected chi connectivity index (χ0v) is 14.4. The molecule has 0 bridgehead atoms. The average Bonchev–Trinajstić information content (AvgIpc) is 2.38. The zero-order chi connectivity index (χ0) is 16.1. The number of hydrazone groups is 1. The van der Waals surface area contributed by atoms with Gasteiger partial charge >= 0.3 is 0 Å². The summed E-state index contributed by atoms with van der Waals surface area (Å²) in [5, 5.41) is 3.71. The fraction of sp³-hybridized carbons (Fsp3) is 0.267. The van der Waals surface area contributed by atoms with E-state index in [1.807, 2.05) is 6.92 Å². The van der Waals surface area contributed by atoms with Gasteiger partial charge < -0.3 is 0 Å². The average molecular weight is 318 g/mol. The Morgan fingerprint density at radius 3 is 2.29 bits per heavy atom. The maximum atomic E-state index is 12.0. The second-order valence-corrected chi connectivity index (χ2v) is 11.9. The molecule has 0 radical (unpaired) electrons. The van der Waals surface area contributed by atoms with Gasteiger partial charge in [0.1, 0.15) is 8.07 Å². The predicted octanol–water partition coefficient (Wildman–Crippen LogP) is 2.14. The van der Waals surface area contributed by atoms with Crippen molar-refractivity contribution in [2.24, 2.45) is 5.10 Å². The zero-order valence-electron chi connectivity index (χ0n) is 12.6. The van der Waals surface area contributed by atoms with Crippen molar-refractivity contribution in [3.63, 3.8) is 0 Å². The topological polar surface area (TPSA) is 58.5 Å². The van der Waals surface area contributed by atoms with Gasteiger partial charge in [-0.2, -0.15) is 13.2 Å². The van der Waals surface area contributed by atoms with Gasteiger partial charge in [-0.3, -0.25) is 0 Å². The molecule has 0 amide bonds. The van der Waals surface area contributed by atoms with Gasteiger partial charge in [-0.15, -0.1) is 17.1 Å². The number of nitrogens with one attached hydrogen (secondary N) is 1. The minimum Gasteiger partial charge on any atom is -0.200 e. The molecule has 0 saturated carbocycles. The van der Waals surface area contributed by atoms with Crippen molar-refractivity contribution in [1.82, 2.24) is 4.83 Å². The van der Waals surface area contributed by atoms with Gasteiger partial charge in [0.2, 0.25) is 0 Å². The molecular weight excluding hydrogens is 300 g/mol. The van der Waals surface area contributed by atoms with Crippen LogP contribution in [0.2, 0.25) is 19.6 Å². The van der Waals surface area contributed by atoms with E-state index in [4.69, 9.17) is 6.42 Å². The lowest BCUT2D eigenvalue weighted by molar-refractivity contribution is 0.584. The van der Waals surface area contributed by atoms with Crippen LogP contribution in [0.15, 0.2) is 34.3 Å². The van der Waals surface area contributed by atoms with Gasteiger partial charge in [0.15, 0.2) is 5.71 Å². The van der Waals surface area contributed by atoms with Crippen LogP contribution in [0.25, 0.3) is 0 Å². The molecule has 0 aliphatic carbocycles. The molecule has 1 aromatic carbocycles. The van der Waals surface area contributed by atoms with Crippen molar-refractivity contribution in [3.05, 3.63) is 29.8 Å². The Kier molecular flexibility index (Phi) is 5.37. The molecule has 0 aliphatic heterocycles. The molecular formula is C15H18N2O2SSi. The molecule has 0 heterocycles. The maximum absolute atomic E-state index is 12.0. The molecule has 4 nitrogen and oxygen atoms in total. The highest BCUT2D eigenvalue weighted by Crippen LogP contribution is 2.09. The summed E-state index contributed by atoms with van der Waals surface area (Å²) in [5.74, 6) is 5.02. The normalized spacial score (nSPS) is 12.0. The van der Waals surface area contributed by atoms with Crippen molar-refractivity contribution in [2.75, 3.05) is 0 Å². The SMILES string of the molecule is C#C/C(C#C[Si](C)(C)C)=N\NS(=O)(=O)c1ccc(C)cc1. The number of benzene rings is 1. The predicted molar refractivity (Wildman–Crippen MR) is 88.9 cm³/mol. The lowest BCUT2D eigenvalue weighted by atomic mass is 10.2. The Hall–Kier alpha value is -2.02. The first-order valence-electron chi connectivity index (χ1n) is 6.30. The Morgan fingerprint density at radius 2 is 1.81 bits per heavy atom. The van der Waals surface area contributed by atoms with E-state index in [2.05, 4.69) is 47.0 Å². The van der Waals surface area contributed by atoms with E-state index < -0.39 is 18.1 Å². The Labute approximate surface area is 127 Å². The fourth-order valence-corrected chi connectivity index (χ4v) is 2.52. The van der Waals surface area contributed by atoms with Crippen molar-refractivity contribution >= 4 is 23.8 Å². The number of rotatable bonds is 3. The Bertz CT molecular complexity index is 740. The minimum atomic E-state index is -3.73. The number of hydrogen-bond acceptors (Lipinski definition) is 3. The largest absolute Gasteiger partial charge is 0.276 e. The third kappa shape index (κ3) is 5.86. The minimum absolute atomic E-state index is 0.0770. The summed E-state index contributed by atoms with van der Waals surface area (Å²) in [7, 11) is -5.32. The van der Waals surface area contributed by atoms with Crippen LogP contribution < -0.4 is 4.83 Å². The highest BCUT2D eigenvalue weighted by atomic mass is 32.2. The first-order chi connectivity index (χ1) is 9.64. The van der Waals surface area contributed by atoms with Gasteiger partial charge in [-0.25, -0.2) is 0 Å². The van der Waals surface area contributed by atoms with Crippen molar-refractivity contribution in [2.45, 2.75) is 31.5 Å². The molecule has 0 atom stereocenters. The smallest absolute Gasteiger partial charge is 0.200 e. The third-order valence-corrected chi connectivity index (χ3v) is 4.40. The molecule has 110 valence electrons. The fourth-order valence-electron chi connectivity index (χ4n) is 1.22. The summed E-state index contributed by atoms with van der Waals surface area (Å²) in [6.45, 7) is 8.06. The van der Waals surface area contributed by atoms with E-state index in [9.17, 15) is 8.42 Å². The third-order valence-electron chi connectivity index (χ3n) is 2.30. The van der Waals surface area contributed by atoms with Crippen LogP contribution >= 0.6 is 0 Å². The number of sulfonamides is 1. The van der Waals surface area contributed by atoms with Crippen LogP contribution in [0.5, 0.6) is 0 Å². The van der Waals surface area contributed by atoms with E-state index in [0.717, 1.165) is 5.56 Å². The first-order valence-corrected chi connectivity index (χ1v) is 11.3. The van der Waals surface area contributed by atoms with Gasteiger partial charge in [0.05, 0.1) is 4.90 Å². The first kappa shape index (κ1) is 17.0. The summed E-state index contributed by atoms with van der Waals surface area (Å²) in [5.41, 5.74) is 4.09. The van der Waals surface area contributed by atoms with E-state index in [0.29, 0.717) is 0 Å². The summed E-state index contributed by atoms with van der Waals surface area (Å²) in [6.07, 6.45) is 5.29. The summed E-state index contributed by atoms with van der Waals surface area (Å²) >= 11 is 0. The molecule has 21 heavy (non-hydrogen) atoms.